The van der Waals surface area contributed by atoms with Gasteiger partial charge in [0.25, 0.3) is 0 Å². The summed E-state index contributed by atoms with van der Waals surface area (Å²) in [5.74, 6) is 0.764. The monoisotopic (exact) mass is 225 g/mol. The highest BCUT2D eigenvalue weighted by atomic mass is 15.1. The van der Waals surface area contributed by atoms with E-state index in [2.05, 4.69) is 17.3 Å². The second-order valence-corrected chi connectivity index (χ2v) is 5.69. The van der Waals surface area contributed by atoms with Crippen LogP contribution in [0.25, 0.3) is 0 Å². The molecule has 2 unspecified atom stereocenters. The molecule has 0 radical (unpaired) electrons. The minimum absolute atomic E-state index is 0.421. The first kappa shape index (κ1) is 12.3. The predicted octanol–water partition coefficient (Wildman–Crippen LogP) is 1.19. The molecule has 0 aromatic rings. The lowest BCUT2D eigenvalue weighted by Gasteiger charge is -2.35. The third-order valence-electron chi connectivity index (χ3n) is 4.34. The zero-order valence-corrected chi connectivity index (χ0v) is 10.6. The molecule has 0 amide bonds. The Morgan fingerprint density at radius 1 is 1.25 bits per heavy atom. The summed E-state index contributed by atoms with van der Waals surface area (Å²) in [6.45, 7) is 3.66. The van der Waals surface area contributed by atoms with Crippen LogP contribution in [0.15, 0.2) is 0 Å². The molecule has 2 aliphatic heterocycles. The third-order valence-corrected chi connectivity index (χ3v) is 4.34. The van der Waals surface area contributed by atoms with Crippen molar-refractivity contribution in [1.29, 1.82) is 0 Å². The van der Waals surface area contributed by atoms with E-state index in [4.69, 9.17) is 5.73 Å². The summed E-state index contributed by atoms with van der Waals surface area (Å²) in [6, 6.07) is 1.12. The lowest BCUT2D eigenvalue weighted by atomic mass is 9.85. The second-order valence-electron chi connectivity index (χ2n) is 5.69. The molecule has 0 aromatic heterocycles. The molecule has 2 aliphatic rings. The Kier molecular flexibility index (Phi) is 4.62. The average molecular weight is 225 g/mol. The number of hydrogen-bond donors (Lipinski definition) is 2. The molecule has 3 heteroatoms. The first-order valence-electron chi connectivity index (χ1n) is 6.93. The van der Waals surface area contributed by atoms with Gasteiger partial charge in [-0.1, -0.05) is 6.42 Å². The number of piperidine rings is 2. The Hall–Kier alpha value is -0.120. The van der Waals surface area contributed by atoms with Crippen LogP contribution >= 0.6 is 0 Å². The summed E-state index contributed by atoms with van der Waals surface area (Å²) in [6.07, 6.45) is 7.85. The Morgan fingerprint density at radius 3 is 2.62 bits per heavy atom. The van der Waals surface area contributed by atoms with Crippen LogP contribution in [0.4, 0.5) is 0 Å². The first-order chi connectivity index (χ1) is 7.75. The lowest BCUT2D eigenvalue weighted by molar-refractivity contribution is 0.186. The molecule has 0 aliphatic carbocycles. The number of rotatable bonds is 3. The summed E-state index contributed by atoms with van der Waals surface area (Å²) in [5.41, 5.74) is 6.37. The van der Waals surface area contributed by atoms with Gasteiger partial charge in [0.1, 0.15) is 0 Å². The van der Waals surface area contributed by atoms with Crippen molar-refractivity contribution in [2.75, 3.05) is 26.7 Å². The molecule has 2 rings (SSSR count). The molecule has 94 valence electrons. The van der Waals surface area contributed by atoms with Gasteiger partial charge in [-0.25, -0.2) is 0 Å². The summed E-state index contributed by atoms with van der Waals surface area (Å²) >= 11 is 0. The maximum Gasteiger partial charge on any atom is 0.00829 e. The van der Waals surface area contributed by atoms with Gasteiger partial charge in [-0.3, -0.25) is 0 Å². The van der Waals surface area contributed by atoms with Crippen molar-refractivity contribution in [2.45, 2.75) is 50.6 Å². The average Bonchev–Trinajstić information content (AvgIpc) is 2.31. The van der Waals surface area contributed by atoms with E-state index < -0.39 is 0 Å². The van der Waals surface area contributed by atoms with Crippen LogP contribution in [-0.2, 0) is 0 Å². The molecule has 0 saturated carbocycles. The van der Waals surface area contributed by atoms with E-state index in [9.17, 15) is 0 Å². The molecular formula is C13H27N3. The zero-order chi connectivity index (χ0) is 11.4. The summed E-state index contributed by atoms with van der Waals surface area (Å²) in [4.78, 5) is 2.42. The largest absolute Gasteiger partial charge is 0.327 e. The first-order valence-corrected chi connectivity index (χ1v) is 6.93. The molecule has 0 bridgehead atoms. The van der Waals surface area contributed by atoms with E-state index in [0.717, 1.165) is 5.92 Å². The summed E-state index contributed by atoms with van der Waals surface area (Å²) in [5, 5.41) is 3.61. The van der Waals surface area contributed by atoms with E-state index in [1.54, 1.807) is 0 Å². The maximum atomic E-state index is 6.37. The van der Waals surface area contributed by atoms with Crippen molar-refractivity contribution in [1.82, 2.24) is 10.2 Å². The number of nitrogens with two attached hydrogens (primary N) is 1. The maximum absolute atomic E-state index is 6.37. The lowest BCUT2D eigenvalue weighted by Crippen LogP contribution is -2.44. The fourth-order valence-electron chi connectivity index (χ4n) is 3.10. The van der Waals surface area contributed by atoms with E-state index in [1.165, 1.54) is 58.2 Å². The van der Waals surface area contributed by atoms with Gasteiger partial charge < -0.3 is 16.0 Å². The predicted molar refractivity (Wildman–Crippen MR) is 68.5 cm³/mol. The normalized spacial score (nSPS) is 31.5. The third kappa shape index (κ3) is 3.44. The number of hydrogen-bond acceptors (Lipinski definition) is 3. The molecule has 2 heterocycles. The Bertz CT molecular complexity index is 193. The van der Waals surface area contributed by atoms with Crippen molar-refractivity contribution >= 4 is 0 Å². The van der Waals surface area contributed by atoms with Crippen molar-refractivity contribution in [3.05, 3.63) is 0 Å². The SMILES string of the molecule is CN1CCC(C(N)CC2CCCCN2)CC1. The quantitative estimate of drug-likeness (QED) is 0.758. The topological polar surface area (TPSA) is 41.3 Å². The van der Waals surface area contributed by atoms with E-state index in [-0.39, 0.29) is 0 Å². The molecular weight excluding hydrogens is 198 g/mol. The Balaban J connectivity index is 1.72. The molecule has 2 atom stereocenters. The highest BCUT2D eigenvalue weighted by Crippen LogP contribution is 2.22. The Morgan fingerprint density at radius 2 is 2.00 bits per heavy atom. The van der Waals surface area contributed by atoms with Gasteiger partial charge in [-0.05, 0) is 64.7 Å². The minimum Gasteiger partial charge on any atom is -0.327 e. The van der Waals surface area contributed by atoms with Crippen LogP contribution < -0.4 is 11.1 Å². The van der Waals surface area contributed by atoms with Gasteiger partial charge in [0, 0.05) is 12.1 Å². The number of likely N-dealkylation sites (tertiary alicyclic amines) is 1. The molecule has 0 aromatic carbocycles. The number of nitrogens with zero attached hydrogens (tertiary/aromatic N) is 1. The zero-order valence-electron chi connectivity index (χ0n) is 10.6. The standard InChI is InChI=1S/C13H27N3/c1-16-8-5-11(6-9-16)13(14)10-12-4-2-3-7-15-12/h11-13,15H,2-10,14H2,1H3. The fourth-order valence-corrected chi connectivity index (χ4v) is 3.10. The smallest absolute Gasteiger partial charge is 0.00829 e. The summed E-state index contributed by atoms with van der Waals surface area (Å²) < 4.78 is 0. The molecule has 3 nitrogen and oxygen atoms in total. The highest BCUT2D eigenvalue weighted by molar-refractivity contribution is 4.84. The van der Waals surface area contributed by atoms with Gasteiger partial charge in [0.05, 0.1) is 0 Å². The van der Waals surface area contributed by atoms with Gasteiger partial charge in [0.2, 0.25) is 0 Å². The van der Waals surface area contributed by atoms with Crippen LogP contribution in [0.2, 0.25) is 0 Å². The second kappa shape index (κ2) is 5.99. The highest BCUT2D eigenvalue weighted by Gasteiger charge is 2.25. The van der Waals surface area contributed by atoms with Crippen LogP contribution in [0, 0.1) is 5.92 Å². The summed E-state index contributed by atoms with van der Waals surface area (Å²) in [7, 11) is 2.21. The van der Waals surface area contributed by atoms with Gasteiger partial charge in [-0.2, -0.15) is 0 Å². The van der Waals surface area contributed by atoms with Gasteiger partial charge in [-0.15, -0.1) is 0 Å². The van der Waals surface area contributed by atoms with Gasteiger partial charge >= 0.3 is 0 Å². The van der Waals surface area contributed by atoms with Crippen LogP contribution in [0.5, 0.6) is 0 Å². The molecule has 2 fully saturated rings. The van der Waals surface area contributed by atoms with Crippen molar-refractivity contribution < 1.29 is 0 Å². The fraction of sp³-hybridized carbons (Fsp3) is 1.00. The van der Waals surface area contributed by atoms with E-state index >= 15 is 0 Å². The number of nitrogens with one attached hydrogen (secondary N) is 1. The Labute approximate surface area is 99.8 Å². The van der Waals surface area contributed by atoms with E-state index in [1.807, 2.05) is 0 Å². The van der Waals surface area contributed by atoms with Crippen molar-refractivity contribution in [3.8, 4) is 0 Å². The molecule has 16 heavy (non-hydrogen) atoms. The van der Waals surface area contributed by atoms with Crippen molar-refractivity contribution in [2.24, 2.45) is 11.7 Å². The molecule has 2 saturated heterocycles. The molecule has 0 spiro atoms. The van der Waals surface area contributed by atoms with Crippen LogP contribution in [0.1, 0.15) is 38.5 Å². The van der Waals surface area contributed by atoms with Gasteiger partial charge in [0.15, 0.2) is 0 Å². The molecule has 3 N–H and O–H groups in total. The minimum atomic E-state index is 0.421. The van der Waals surface area contributed by atoms with Crippen LogP contribution in [0.3, 0.4) is 0 Å². The van der Waals surface area contributed by atoms with Crippen molar-refractivity contribution in [3.63, 3.8) is 0 Å². The van der Waals surface area contributed by atoms with E-state index in [0.29, 0.717) is 12.1 Å². The van der Waals surface area contributed by atoms with Crippen LogP contribution in [-0.4, -0.2) is 43.7 Å².